The van der Waals surface area contributed by atoms with Gasteiger partial charge in [0.15, 0.2) is 0 Å². The first-order valence-corrected chi connectivity index (χ1v) is 7.93. The monoisotopic (exact) mass is 472 g/mol. The zero-order valence-electron chi connectivity index (χ0n) is 7.74. The Morgan fingerprint density at radius 2 is 1.75 bits per heavy atom. The lowest BCUT2D eigenvalue weighted by Crippen LogP contribution is -2.01. The van der Waals surface area contributed by atoms with Crippen molar-refractivity contribution in [3.8, 4) is 5.75 Å². The molecule has 0 aliphatic carbocycles. The molecule has 0 atom stereocenters. The van der Waals surface area contributed by atoms with E-state index in [4.69, 9.17) is 39.5 Å². The zero-order chi connectivity index (χ0) is 12.3. The number of alkyl halides is 2. The summed E-state index contributed by atoms with van der Waals surface area (Å²) in [6, 6.07) is 1.70. The Morgan fingerprint density at radius 1 is 1.12 bits per heavy atom. The van der Waals surface area contributed by atoms with Crippen molar-refractivity contribution >= 4 is 82.6 Å². The van der Waals surface area contributed by atoms with Gasteiger partial charge < -0.3 is 4.74 Å². The highest BCUT2D eigenvalue weighted by molar-refractivity contribution is 9.24. The minimum Gasteiger partial charge on any atom is -0.492 e. The van der Waals surface area contributed by atoms with Crippen LogP contribution in [0.5, 0.6) is 5.75 Å². The molecule has 0 amide bonds. The SMILES string of the molecule is Clc1c(Br)cc(OCCC(Br)Br)c(Cl)c1Cl. The maximum absolute atomic E-state index is 6.00. The highest BCUT2D eigenvalue weighted by atomic mass is 79.9. The molecule has 1 aromatic carbocycles. The minimum absolute atomic E-state index is 0.213. The third kappa shape index (κ3) is 4.21. The average molecular weight is 476 g/mol. The molecule has 90 valence electrons. The molecule has 0 spiro atoms. The summed E-state index contributed by atoms with van der Waals surface area (Å²) in [5.41, 5.74) is 0. The van der Waals surface area contributed by atoms with Crippen LogP contribution < -0.4 is 4.74 Å². The van der Waals surface area contributed by atoms with Gasteiger partial charge in [0.25, 0.3) is 0 Å². The van der Waals surface area contributed by atoms with Crippen molar-refractivity contribution in [1.29, 1.82) is 0 Å². The van der Waals surface area contributed by atoms with E-state index in [9.17, 15) is 0 Å². The second-order valence-corrected chi connectivity index (χ2v) is 8.25. The number of benzene rings is 1. The summed E-state index contributed by atoms with van der Waals surface area (Å²) in [4.78, 5) is 0. The van der Waals surface area contributed by atoms with E-state index in [1.807, 2.05) is 0 Å². The van der Waals surface area contributed by atoms with Gasteiger partial charge in [-0.05, 0) is 22.0 Å². The molecule has 0 aliphatic heterocycles. The molecule has 1 aromatic rings. The van der Waals surface area contributed by atoms with Crippen LogP contribution in [-0.4, -0.2) is 10.3 Å². The Kier molecular flexibility index (Phi) is 6.78. The van der Waals surface area contributed by atoms with Crippen LogP contribution in [0.4, 0.5) is 0 Å². The van der Waals surface area contributed by atoms with Crippen LogP contribution in [-0.2, 0) is 0 Å². The summed E-state index contributed by atoms with van der Waals surface area (Å²) in [6.07, 6.45) is 0.800. The Morgan fingerprint density at radius 3 is 2.31 bits per heavy atom. The molecular weight excluding hydrogens is 470 g/mol. The van der Waals surface area contributed by atoms with E-state index in [0.29, 0.717) is 31.9 Å². The summed E-state index contributed by atoms with van der Waals surface area (Å²) >= 11 is 27.8. The summed E-state index contributed by atoms with van der Waals surface area (Å²) < 4.78 is 6.37. The summed E-state index contributed by atoms with van der Waals surface area (Å²) in [5.74, 6) is 0.517. The number of halogens is 6. The van der Waals surface area contributed by atoms with Gasteiger partial charge in [-0.1, -0.05) is 66.7 Å². The van der Waals surface area contributed by atoms with Gasteiger partial charge in [-0.25, -0.2) is 0 Å². The number of rotatable bonds is 4. The predicted molar refractivity (Wildman–Crippen MR) is 80.9 cm³/mol. The minimum atomic E-state index is 0.213. The van der Waals surface area contributed by atoms with E-state index in [-0.39, 0.29) is 3.74 Å². The fraction of sp³-hybridized carbons (Fsp3) is 0.333. The fourth-order valence-corrected chi connectivity index (χ4v) is 2.40. The quantitative estimate of drug-likeness (QED) is 0.282. The van der Waals surface area contributed by atoms with E-state index in [1.165, 1.54) is 0 Å². The molecule has 0 unspecified atom stereocenters. The fourth-order valence-electron chi connectivity index (χ4n) is 0.914. The Hall–Kier alpha value is 1.33. The maximum Gasteiger partial charge on any atom is 0.140 e. The van der Waals surface area contributed by atoms with Crippen LogP contribution >= 0.6 is 82.6 Å². The van der Waals surface area contributed by atoms with Gasteiger partial charge in [0.2, 0.25) is 0 Å². The van der Waals surface area contributed by atoms with Crippen LogP contribution in [0.1, 0.15) is 6.42 Å². The molecule has 1 nitrogen and oxygen atoms in total. The van der Waals surface area contributed by atoms with Gasteiger partial charge >= 0.3 is 0 Å². The standard InChI is InChI=1S/C9H6Br3Cl3O/c10-4-3-5(16-2-1-6(11)12)8(14)9(15)7(4)13/h3,6H,1-2H2. The second kappa shape index (κ2) is 7.05. The number of hydrogen-bond donors (Lipinski definition) is 0. The molecule has 7 heteroatoms. The van der Waals surface area contributed by atoms with E-state index in [0.717, 1.165) is 6.42 Å². The van der Waals surface area contributed by atoms with Crippen LogP contribution in [0.15, 0.2) is 10.5 Å². The van der Waals surface area contributed by atoms with Crippen molar-refractivity contribution in [2.24, 2.45) is 0 Å². The molecular formula is C9H6Br3Cl3O. The molecule has 0 bridgehead atoms. The largest absolute Gasteiger partial charge is 0.492 e. The zero-order valence-corrected chi connectivity index (χ0v) is 14.8. The first-order valence-electron chi connectivity index (χ1n) is 4.17. The molecule has 1 rings (SSSR count). The lowest BCUT2D eigenvalue weighted by atomic mass is 10.3. The van der Waals surface area contributed by atoms with Crippen molar-refractivity contribution in [1.82, 2.24) is 0 Å². The van der Waals surface area contributed by atoms with Crippen LogP contribution in [0.25, 0.3) is 0 Å². The van der Waals surface area contributed by atoms with Crippen molar-refractivity contribution in [3.05, 3.63) is 25.6 Å². The number of hydrogen-bond acceptors (Lipinski definition) is 1. The molecule has 0 aliphatic rings. The van der Waals surface area contributed by atoms with E-state index < -0.39 is 0 Å². The van der Waals surface area contributed by atoms with E-state index >= 15 is 0 Å². The molecule has 0 radical (unpaired) electrons. The topological polar surface area (TPSA) is 9.23 Å². The lowest BCUT2D eigenvalue weighted by molar-refractivity contribution is 0.317. The van der Waals surface area contributed by atoms with Crippen molar-refractivity contribution in [3.63, 3.8) is 0 Å². The molecule has 0 saturated carbocycles. The van der Waals surface area contributed by atoms with E-state index in [2.05, 4.69) is 47.8 Å². The van der Waals surface area contributed by atoms with Gasteiger partial charge in [0.1, 0.15) is 10.8 Å². The molecule has 0 heterocycles. The van der Waals surface area contributed by atoms with Gasteiger partial charge in [-0.15, -0.1) is 0 Å². The average Bonchev–Trinajstić information content (AvgIpc) is 2.22. The lowest BCUT2D eigenvalue weighted by Gasteiger charge is -2.11. The Labute approximate surface area is 134 Å². The smallest absolute Gasteiger partial charge is 0.140 e. The van der Waals surface area contributed by atoms with Gasteiger partial charge in [0.05, 0.1) is 20.4 Å². The van der Waals surface area contributed by atoms with E-state index in [1.54, 1.807) is 6.07 Å². The van der Waals surface area contributed by atoms with Crippen LogP contribution in [0, 0.1) is 0 Å². The summed E-state index contributed by atoms with van der Waals surface area (Å²) in [6.45, 7) is 0.519. The van der Waals surface area contributed by atoms with Gasteiger partial charge in [0, 0.05) is 10.9 Å². The van der Waals surface area contributed by atoms with Crippen molar-refractivity contribution in [2.75, 3.05) is 6.61 Å². The molecule has 0 aromatic heterocycles. The normalized spacial score (nSPS) is 10.9. The first-order chi connectivity index (χ1) is 7.43. The van der Waals surface area contributed by atoms with Crippen molar-refractivity contribution < 1.29 is 4.74 Å². The first kappa shape index (κ1) is 15.4. The third-order valence-corrected chi connectivity index (χ3v) is 4.77. The van der Waals surface area contributed by atoms with Gasteiger partial charge in [-0.3, -0.25) is 0 Å². The van der Waals surface area contributed by atoms with Gasteiger partial charge in [-0.2, -0.15) is 0 Å². The highest BCUT2D eigenvalue weighted by Crippen LogP contribution is 2.42. The number of ether oxygens (including phenoxy) is 1. The van der Waals surface area contributed by atoms with Crippen LogP contribution in [0.3, 0.4) is 0 Å². The van der Waals surface area contributed by atoms with Crippen molar-refractivity contribution in [2.45, 2.75) is 10.2 Å². The Bertz CT molecular complexity index is 385. The molecule has 16 heavy (non-hydrogen) atoms. The molecule has 0 saturated heterocycles. The second-order valence-electron chi connectivity index (χ2n) is 2.83. The summed E-state index contributed by atoms with van der Waals surface area (Å²) in [7, 11) is 0. The maximum atomic E-state index is 6.00. The highest BCUT2D eigenvalue weighted by Gasteiger charge is 2.14. The predicted octanol–water partition coefficient (Wildman–Crippen LogP) is 6.29. The summed E-state index contributed by atoms with van der Waals surface area (Å²) in [5, 5.41) is 1.01. The third-order valence-electron chi connectivity index (χ3n) is 1.66. The van der Waals surface area contributed by atoms with Crippen LogP contribution in [0.2, 0.25) is 15.1 Å². The molecule has 0 fully saturated rings. The molecule has 0 N–H and O–H groups in total. The Balaban J connectivity index is 2.81.